The summed E-state index contributed by atoms with van der Waals surface area (Å²) in [6.45, 7) is -0.280. The molecule has 5 atom stereocenters. The van der Waals surface area contributed by atoms with Crippen LogP contribution in [0.25, 0.3) is 6.08 Å². The first-order chi connectivity index (χ1) is 15.7. The number of fused-ring (bicyclic) bond motifs is 1. The van der Waals surface area contributed by atoms with Gasteiger partial charge in [-0.15, -0.1) is 0 Å². The number of rotatable bonds is 5. The molecule has 11 heteroatoms. The minimum atomic E-state index is -1.57. The fourth-order valence-electron chi connectivity index (χ4n) is 3.65. The van der Waals surface area contributed by atoms with E-state index in [9.17, 15) is 30.6 Å². The van der Waals surface area contributed by atoms with Crippen molar-refractivity contribution in [3.8, 4) is 34.5 Å². The molecule has 1 unspecified atom stereocenters. The summed E-state index contributed by atoms with van der Waals surface area (Å²) in [5.74, 6) is -0.376. The van der Waals surface area contributed by atoms with E-state index < -0.39 is 30.7 Å². The van der Waals surface area contributed by atoms with Crippen LogP contribution in [0.4, 0.5) is 0 Å². The molecule has 0 aliphatic carbocycles. The molecule has 1 saturated heterocycles. The summed E-state index contributed by atoms with van der Waals surface area (Å²) in [6, 6.07) is 5.37. The van der Waals surface area contributed by atoms with Crippen molar-refractivity contribution in [1.29, 1.82) is 0 Å². The number of aliphatic hydroxyl groups excluding tert-OH is 3. The summed E-state index contributed by atoms with van der Waals surface area (Å²) < 4.78 is 27.6. The summed E-state index contributed by atoms with van der Waals surface area (Å²) in [5.41, 5.74) is 0.592. The van der Waals surface area contributed by atoms with Gasteiger partial charge in [-0.2, -0.15) is 0 Å². The SMILES string of the molecule is COc1cc(C2Oc3cc(O)cc(O)c3C=C2O[C@H]2OC[C@H](O)[C@@H](O)[C@H]2O)cc(OC)c1O. The molecule has 0 amide bonds. The molecule has 0 spiro atoms. The van der Waals surface area contributed by atoms with Gasteiger partial charge in [-0.25, -0.2) is 0 Å². The van der Waals surface area contributed by atoms with Gasteiger partial charge < -0.3 is 54.3 Å². The molecule has 178 valence electrons. The second-order valence-corrected chi connectivity index (χ2v) is 7.56. The lowest BCUT2D eigenvalue weighted by molar-refractivity contribution is -0.261. The van der Waals surface area contributed by atoms with Crippen LogP contribution in [0, 0.1) is 0 Å². The number of aromatic hydroxyl groups is 3. The lowest BCUT2D eigenvalue weighted by Gasteiger charge is -2.37. The molecule has 6 N–H and O–H groups in total. The molecule has 0 aromatic heterocycles. The number of methoxy groups -OCH3 is 2. The Bertz CT molecular complexity index is 1040. The Morgan fingerprint density at radius 1 is 0.909 bits per heavy atom. The van der Waals surface area contributed by atoms with Gasteiger partial charge in [0.1, 0.15) is 41.3 Å². The van der Waals surface area contributed by atoms with Gasteiger partial charge in [-0.3, -0.25) is 0 Å². The maximum Gasteiger partial charge on any atom is 0.228 e. The Morgan fingerprint density at radius 2 is 1.58 bits per heavy atom. The first-order valence-electron chi connectivity index (χ1n) is 9.95. The maximum absolute atomic E-state index is 10.3. The lowest BCUT2D eigenvalue weighted by Crippen LogP contribution is -2.53. The number of hydrogen-bond acceptors (Lipinski definition) is 11. The van der Waals surface area contributed by atoms with Crippen molar-refractivity contribution in [3.63, 3.8) is 0 Å². The molecule has 33 heavy (non-hydrogen) atoms. The van der Waals surface area contributed by atoms with Gasteiger partial charge in [-0.05, 0) is 18.2 Å². The Balaban J connectivity index is 1.78. The molecule has 2 aromatic rings. The number of ether oxygens (including phenoxy) is 5. The minimum Gasteiger partial charge on any atom is -0.508 e. The highest BCUT2D eigenvalue weighted by Crippen LogP contribution is 2.47. The molecule has 0 bridgehead atoms. The van der Waals surface area contributed by atoms with Crippen molar-refractivity contribution in [1.82, 2.24) is 0 Å². The zero-order valence-electron chi connectivity index (χ0n) is 17.7. The van der Waals surface area contributed by atoms with E-state index in [0.29, 0.717) is 5.56 Å². The van der Waals surface area contributed by atoms with Crippen molar-refractivity contribution in [3.05, 3.63) is 41.2 Å². The second-order valence-electron chi connectivity index (χ2n) is 7.56. The number of hydrogen-bond donors (Lipinski definition) is 6. The average molecular weight is 464 g/mol. The summed E-state index contributed by atoms with van der Waals surface area (Å²) in [4.78, 5) is 0. The van der Waals surface area contributed by atoms with E-state index >= 15 is 0 Å². The van der Waals surface area contributed by atoms with E-state index in [4.69, 9.17) is 23.7 Å². The standard InChI is InChI=1S/C22H24O11/c1-29-15-3-9(4-16(30-2)19(15)27)21-17(33-22-20(28)18(26)13(25)8-31-22)7-11-12(24)5-10(23)6-14(11)32-21/h3-7,13,18,20-28H,8H2,1-2H3/t13-,18+,20+,21?,22+/m0/s1. The normalized spacial score (nSPS) is 26.6. The van der Waals surface area contributed by atoms with Gasteiger partial charge in [0.2, 0.25) is 12.0 Å². The van der Waals surface area contributed by atoms with Gasteiger partial charge in [0, 0.05) is 17.7 Å². The van der Waals surface area contributed by atoms with Crippen molar-refractivity contribution >= 4 is 6.08 Å². The van der Waals surface area contributed by atoms with Crippen LogP contribution in [-0.4, -0.2) is 76.1 Å². The fraction of sp³-hybridized carbons (Fsp3) is 0.364. The molecule has 0 radical (unpaired) electrons. The number of phenols is 3. The largest absolute Gasteiger partial charge is 0.508 e. The van der Waals surface area contributed by atoms with Crippen molar-refractivity contribution < 1.29 is 54.3 Å². The molecule has 2 heterocycles. The van der Waals surface area contributed by atoms with E-state index in [-0.39, 0.29) is 52.4 Å². The molecule has 2 aromatic carbocycles. The van der Waals surface area contributed by atoms with Gasteiger partial charge >= 0.3 is 0 Å². The second kappa shape index (κ2) is 8.87. The maximum atomic E-state index is 10.3. The van der Waals surface area contributed by atoms with Gasteiger partial charge in [0.25, 0.3) is 0 Å². The number of phenolic OH excluding ortho intramolecular Hbond substituents is 3. The third-order valence-corrected chi connectivity index (χ3v) is 5.41. The number of aliphatic hydroxyl groups is 3. The first-order valence-corrected chi connectivity index (χ1v) is 9.95. The zero-order chi connectivity index (χ0) is 23.9. The third-order valence-electron chi connectivity index (χ3n) is 5.41. The highest BCUT2D eigenvalue weighted by Gasteiger charge is 2.41. The molecule has 0 saturated carbocycles. The lowest BCUT2D eigenvalue weighted by atomic mass is 10.00. The number of benzene rings is 2. The van der Waals surface area contributed by atoms with Crippen LogP contribution in [-0.2, 0) is 9.47 Å². The van der Waals surface area contributed by atoms with Crippen LogP contribution < -0.4 is 14.2 Å². The first kappa shape index (κ1) is 22.8. The molecule has 2 aliphatic heterocycles. The van der Waals surface area contributed by atoms with Gasteiger partial charge in [0.05, 0.1) is 26.4 Å². The van der Waals surface area contributed by atoms with E-state index in [1.807, 2.05) is 0 Å². The van der Waals surface area contributed by atoms with E-state index in [2.05, 4.69) is 0 Å². The molecular weight excluding hydrogens is 440 g/mol. The Labute approximate surface area is 188 Å². The summed E-state index contributed by atoms with van der Waals surface area (Å²) in [6.07, 6.45) is -5.32. The topological polar surface area (TPSA) is 168 Å². The quantitative estimate of drug-likeness (QED) is 0.369. The molecule has 2 aliphatic rings. The van der Waals surface area contributed by atoms with Gasteiger partial charge in [0.15, 0.2) is 17.6 Å². The van der Waals surface area contributed by atoms with Crippen LogP contribution >= 0.6 is 0 Å². The summed E-state index contributed by atoms with van der Waals surface area (Å²) >= 11 is 0. The third kappa shape index (κ3) is 4.18. The molecular formula is C22H24O11. The van der Waals surface area contributed by atoms with Crippen molar-refractivity contribution in [2.45, 2.75) is 30.7 Å². The predicted molar refractivity (Wildman–Crippen MR) is 111 cm³/mol. The highest BCUT2D eigenvalue weighted by molar-refractivity contribution is 5.70. The van der Waals surface area contributed by atoms with Gasteiger partial charge in [-0.1, -0.05) is 0 Å². The van der Waals surface area contributed by atoms with Crippen LogP contribution in [0.2, 0.25) is 0 Å². The molecule has 11 nitrogen and oxygen atoms in total. The fourth-order valence-corrected chi connectivity index (χ4v) is 3.65. The van der Waals surface area contributed by atoms with E-state index in [0.717, 1.165) is 6.07 Å². The average Bonchev–Trinajstić information content (AvgIpc) is 2.79. The van der Waals surface area contributed by atoms with Crippen LogP contribution in [0.15, 0.2) is 30.0 Å². The summed E-state index contributed by atoms with van der Waals surface area (Å²) in [5, 5.41) is 60.4. The summed E-state index contributed by atoms with van der Waals surface area (Å²) in [7, 11) is 2.72. The monoisotopic (exact) mass is 464 g/mol. The van der Waals surface area contributed by atoms with E-state index in [1.54, 1.807) is 0 Å². The predicted octanol–water partition coefficient (Wildman–Crippen LogP) is 0.751. The molecule has 4 rings (SSSR count). The Kier molecular flexibility index (Phi) is 6.13. The molecule has 1 fully saturated rings. The van der Waals surface area contributed by atoms with Crippen molar-refractivity contribution in [2.75, 3.05) is 20.8 Å². The van der Waals surface area contributed by atoms with Crippen LogP contribution in [0.1, 0.15) is 17.2 Å². The Hall–Kier alpha value is -3.38. The van der Waals surface area contributed by atoms with Crippen LogP contribution in [0.3, 0.4) is 0 Å². The minimum absolute atomic E-state index is 0.0610. The highest BCUT2D eigenvalue weighted by atomic mass is 16.7. The van der Waals surface area contributed by atoms with Crippen molar-refractivity contribution in [2.24, 2.45) is 0 Å². The smallest absolute Gasteiger partial charge is 0.228 e. The van der Waals surface area contributed by atoms with Crippen LogP contribution in [0.5, 0.6) is 34.5 Å². The Morgan fingerprint density at radius 3 is 2.21 bits per heavy atom. The zero-order valence-corrected chi connectivity index (χ0v) is 17.7. The van der Waals surface area contributed by atoms with E-state index in [1.165, 1.54) is 38.5 Å².